The van der Waals surface area contributed by atoms with E-state index in [1.165, 1.54) is 0 Å². The number of hydrogen-bond acceptors (Lipinski definition) is 2. The average molecular weight is 271 g/mol. The Hall–Kier alpha value is -1.79. The maximum atomic E-state index is 12.1. The molecule has 0 heterocycles. The molecule has 106 valence electrons. The third kappa shape index (κ3) is 3.85. The quantitative estimate of drug-likeness (QED) is 0.827. The topological polar surface area (TPSA) is 49.3 Å². The number of rotatable bonds is 3. The SMILES string of the molecule is CC1CCCC1C(=O)NCc1cccc(C#CCO)c1. The predicted molar refractivity (Wildman–Crippen MR) is 78.8 cm³/mol. The molecule has 1 fully saturated rings. The maximum Gasteiger partial charge on any atom is 0.223 e. The summed E-state index contributed by atoms with van der Waals surface area (Å²) in [6, 6.07) is 7.73. The number of hydrogen-bond donors (Lipinski definition) is 2. The Morgan fingerprint density at radius 3 is 3.00 bits per heavy atom. The van der Waals surface area contributed by atoms with E-state index in [1.54, 1.807) is 0 Å². The molecule has 2 unspecified atom stereocenters. The Morgan fingerprint density at radius 2 is 2.30 bits per heavy atom. The Kier molecular flexibility index (Phi) is 5.20. The lowest BCUT2D eigenvalue weighted by molar-refractivity contribution is -0.126. The van der Waals surface area contributed by atoms with Crippen LogP contribution in [0.5, 0.6) is 0 Å². The monoisotopic (exact) mass is 271 g/mol. The second-order valence-electron chi connectivity index (χ2n) is 5.39. The van der Waals surface area contributed by atoms with E-state index in [9.17, 15) is 4.79 Å². The molecule has 20 heavy (non-hydrogen) atoms. The van der Waals surface area contributed by atoms with Gasteiger partial charge in [0.15, 0.2) is 0 Å². The van der Waals surface area contributed by atoms with Gasteiger partial charge in [0, 0.05) is 18.0 Å². The Morgan fingerprint density at radius 1 is 1.45 bits per heavy atom. The average Bonchev–Trinajstić information content (AvgIpc) is 2.89. The van der Waals surface area contributed by atoms with Crippen molar-refractivity contribution in [2.45, 2.75) is 32.7 Å². The first-order chi connectivity index (χ1) is 9.70. The molecule has 2 atom stereocenters. The zero-order valence-corrected chi connectivity index (χ0v) is 11.9. The Bertz CT molecular complexity index is 527. The summed E-state index contributed by atoms with van der Waals surface area (Å²) in [5.41, 5.74) is 1.90. The minimum atomic E-state index is -0.138. The van der Waals surface area contributed by atoms with Gasteiger partial charge in [0.05, 0.1) is 0 Å². The lowest BCUT2D eigenvalue weighted by Crippen LogP contribution is -2.31. The van der Waals surface area contributed by atoms with Crippen LogP contribution in [0, 0.1) is 23.7 Å². The molecule has 1 saturated carbocycles. The van der Waals surface area contributed by atoms with E-state index < -0.39 is 0 Å². The summed E-state index contributed by atoms with van der Waals surface area (Å²) < 4.78 is 0. The van der Waals surface area contributed by atoms with Crippen molar-refractivity contribution in [2.75, 3.05) is 6.61 Å². The minimum Gasteiger partial charge on any atom is -0.384 e. The molecule has 2 N–H and O–H groups in total. The fraction of sp³-hybridized carbons (Fsp3) is 0.471. The van der Waals surface area contributed by atoms with Crippen LogP contribution in [0.3, 0.4) is 0 Å². The molecule has 0 saturated heterocycles. The van der Waals surface area contributed by atoms with E-state index in [0.717, 1.165) is 30.4 Å². The normalized spacial score (nSPS) is 21.1. The highest BCUT2D eigenvalue weighted by atomic mass is 16.2. The van der Waals surface area contributed by atoms with Crippen molar-refractivity contribution in [2.24, 2.45) is 11.8 Å². The zero-order valence-electron chi connectivity index (χ0n) is 11.9. The summed E-state index contributed by atoms with van der Waals surface area (Å²) in [4.78, 5) is 12.1. The summed E-state index contributed by atoms with van der Waals surface area (Å²) in [7, 11) is 0. The van der Waals surface area contributed by atoms with E-state index >= 15 is 0 Å². The van der Waals surface area contributed by atoms with Crippen molar-refractivity contribution in [1.29, 1.82) is 0 Å². The van der Waals surface area contributed by atoms with Gasteiger partial charge in [0.25, 0.3) is 0 Å². The van der Waals surface area contributed by atoms with Crippen LogP contribution < -0.4 is 5.32 Å². The molecule has 1 aliphatic rings. The molecule has 1 aliphatic carbocycles. The number of aliphatic hydroxyl groups is 1. The third-order valence-electron chi connectivity index (χ3n) is 3.90. The molecule has 0 spiro atoms. The first-order valence-corrected chi connectivity index (χ1v) is 7.17. The van der Waals surface area contributed by atoms with Crippen LogP contribution in [0.1, 0.15) is 37.3 Å². The van der Waals surface area contributed by atoms with Gasteiger partial charge in [-0.25, -0.2) is 0 Å². The van der Waals surface area contributed by atoms with Crippen molar-refractivity contribution in [1.82, 2.24) is 5.32 Å². The van der Waals surface area contributed by atoms with Gasteiger partial charge in [-0.15, -0.1) is 0 Å². The molecule has 1 aromatic carbocycles. The summed E-state index contributed by atoms with van der Waals surface area (Å²) in [5.74, 6) is 6.34. The molecular weight excluding hydrogens is 250 g/mol. The van der Waals surface area contributed by atoms with E-state index in [0.29, 0.717) is 12.5 Å². The fourth-order valence-corrected chi connectivity index (χ4v) is 2.76. The lowest BCUT2D eigenvalue weighted by Gasteiger charge is -2.15. The molecular formula is C17H21NO2. The highest BCUT2D eigenvalue weighted by Gasteiger charge is 2.29. The van der Waals surface area contributed by atoms with E-state index in [4.69, 9.17) is 5.11 Å². The first kappa shape index (κ1) is 14.6. The molecule has 2 rings (SSSR count). The van der Waals surface area contributed by atoms with Crippen LogP contribution in [-0.4, -0.2) is 17.6 Å². The van der Waals surface area contributed by atoms with Crippen LogP contribution in [0.15, 0.2) is 24.3 Å². The molecule has 1 aromatic rings. The van der Waals surface area contributed by atoms with Crippen LogP contribution in [0.25, 0.3) is 0 Å². The molecule has 0 aromatic heterocycles. The molecule has 0 aliphatic heterocycles. The van der Waals surface area contributed by atoms with Gasteiger partial charge in [-0.2, -0.15) is 0 Å². The maximum absolute atomic E-state index is 12.1. The van der Waals surface area contributed by atoms with Crippen molar-refractivity contribution in [3.05, 3.63) is 35.4 Å². The smallest absolute Gasteiger partial charge is 0.223 e. The van der Waals surface area contributed by atoms with Crippen LogP contribution in [0.4, 0.5) is 0 Å². The summed E-state index contributed by atoms with van der Waals surface area (Å²) in [5, 5.41) is 11.7. The summed E-state index contributed by atoms with van der Waals surface area (Å²) >= 11 is 0. The van der Waals surface area contributed by atoms with E-state index in [-0.39, 0.29) is 18.4 Å². The van der Waals surface area contributed by atoms with Gasteiger partial charge in [0.2, 0.25) is 5.91 Å². The van der Waals surface area contributed by atoms with Crippen molar-refractivity contribution >= 4 is 5.91 Å². The van der Waals surface area contributed by atoms with Gasteiger partial charge >= 0.3 is 0 Å². The van der Waals surface area contributed by atoms with Gasteiger partial charge in [0.1, 0.15) is 6.61 Å². The number of carbonyl (C=O) groups excluding carboxylic acids is 1. The number of carbonyl (C=O) groups is 1. The van der Waals surface area contributed by atoms with Crippen LogP contribution >= 0.6 is 0 Å². The zero-order chi connectivity index (χ0) is 14.4. The molecule has 0 bridgehead atoms. The van der Waals surface area contributed by atoms with Crippen molar-refractivity contribution in [3.8, 4) is 11.8 Å². The summed E-state index contributed by atoms with van der Waals surface area (Å²) in [6.45, 7) is 2.56. The third-order valence-corrected chi connectivity index (χ3v) is 3.90. The largest absolute Gasteiger partial charge is 0.384 e. The number of amides is 1. The van der Waals surface area contributed by atoms with Crippen molar-refractivity contribution < 1.29 is 9.90 Å². The molecule has 1 amide bonds. The number of aliphatic hydroxyl groups excluding tert-OH is 1. The van der Waals surface area contributed by atoms with Crippen molar-refractivity contribution in [3.63, 3.8) is 0 Å². The predicted octanol–water partition coefficient (Wildman–Crippen LogP) is 2.08. The van der Waals surface area contributed by atoms with E-state index in [2.05, 4.69) is 24.1 Å². The molecule has 3 heteroatoms. The Labute approximate surface area is 120 Å². The van der Waals surface area contributed by atoms with Gasteiger partial charge < -0.3 is 10.4 Å². The van der Waals surface area contributed by atoms with Gasteiger partial charge in [-0.1, -0.05) is 37.3 Å². The first-order valence-electron chi connectivity index (χ1n) is 7.17. The number of benzene rings is 1. The molecule has 0 radical (unpaired) electrons. The summed E-state index contributed by atoms with van der Waals surface area (Å²) in [6.07, 6.45) is 3.32. The highest BCUT2D eigenvalue weighted by molar-refractivity contribution is 5.79. The minimum absolute atomic E-state index is 0.138. The molecule has 3 nitrogen and oxygen atoms in total. The number of nitrogens with one attached hydrogen (secondary N) is 1. The standard InChI is InChI=1S/C17H21NO2/c1-13-5-2-9-16(13)17(20)18-12-15-7-3-6-14(11-15)8-4-10-19/h3,6-7,11,13,16,19H,2,5,9-10,12H2,1H3,(H,18,20). The highest BCUT2D eigenvalue weighted by Crippen LogP contribution is 2.31. The second kappa shape index (κ2) is 7.12. The van der Waals surface area contributed by atoms with Crippen LogP contribution in [-0.2, 0) is 11.3 Å². The van der Waals surface area contributed by atoms with E-state index in [1.807, 2.05) is 24.3 Å². The Balaban J connectivity index is 1.92. The van der Waals surface area contributed by atoms with Crippen LogP contribution in [0.2, 0.25) is 0 Å². The lowest BCUT2D eigenvalue weighted by atomic mass is 9.97. The fourth-order valence-electron chi connectivity index (χ4n) is 2.76. The van der Waals surface area contributed by atoms with Gasteiger partial charge in [-0.3, -0.25) is 4.79 Å². The van der Waals surface area contributed by atoms with Gasteiger partial charge in [-0.05, 0) is 36.5 Å². The second-order valence-corrected chi connectivity index (χ2v) is 5.39.